The fourth-order valence-electron chi connectivity index (χ4n) is 2.86. The normalized spacial score (nSPS) is 24.0. The minimum Gasteiger partial charge on any atom is -0.444 e. The summed E-state index contributed by atoms with van der Waals surface area (Å²) in [7, 11) is 0. The van der Waals surface area contributed by atoms with Crippen molar-refractivity contribution in [2.75, 3.05) is 0 Å². The average molecular weight is 408 g/mol. The van der Waals surface area contributed by atoms with Crippen molar-refractivity contribution in [1.82, 2.24) is 5.32 Å². The molecule has 1 aliphatic heterocycles. The molecule has 1 unspecified atom stereocenters. The molecule has 1 saturated heterocycles. The molecule has 2 rings (SSSR count). The summed E-state index contributed by atoms with van der Waals surface area (Å²) in [6, 6.07) is 3.56. The maximum Gasteiger partial charge on any atom is 0.407 e. The number of aliphatic hydroxyl groups is 1. The monoisotopic (exact) mass is 407 g/mol. The van der Waals surface area contributed by atoms with Gasteiger partial charge in [0, 0.05) is 11.4 Å². The summed E-state index contributed by atoms with van der Waals surface area (Å²) in [6.07, 6.45) is -0.622. The largest absolute Gasteiger partial charge is 0.444 e. The maximum absolute atomic E-state index is 12.7. The third kappa shape index (κ3) is 5.92. The van der Waals surface area contributed by atoms with Gasteiger partial charge >= 0.3 is 12.7 Å². The van der Waals surface area contributed by atoms with Crippen LogP contribution < -0.4 is 10.1 Å². The average Bonchev–Trinajstić information content (AvgIpc) is 2.88. The van der Waals surface area contributed by atoms with Crippen LogP contribution in [0.4, 0.5) is 13.6 Å². The van der Waals surface area contributed by atoms with E-state index in [1.165, 1.54) is 18.2 Å². The molecule has 1 amide bonds. The number of nitrogens with one attached hydrogen (secondary N) is 1. The summed E-state index contributed by atoms with van der Waals surface area (Å²) < 4.78 is 40.7. The Morgan fingerprint density at radius 3 is 2.70 bits per heavy atom. The van der Waals surface area contributed by atoms with Crippen molar-refractivity contribution >= 4 is 17.7 Å². The first-order valence-electron chi connectivity index (χ1n) is 8.54. The molecule has 1 fully saturated rings. The summed E-state index contributed by atoms with van der Waals surface area (Å²) in [5, 5.41) is 13.7. The van der Waals surface area contributed by atoms with Crippen molar-refractivity contribution in [2.24, 2.45) is 0 Å². The van der Waals surface area contributed by atoms with Crippen LogP contribution in [-0.2, 0) is 15.3 Å². The highest BCUT2D eigenvalue weighted by molar-refractivity contribution is 6.30. The molecular weight excluding hydrogens is 384 g/mol. The topological polar surface area (TPSA) is 77.0 Å². The first kappa shape index (κ1) is 21.7. The molecule has 9 heteroatoms. The second-order valence-corrected chi connectivity index (χ2v) is 7.87. The van der Waals surface area contributed by atoms with Gasteiger partial charge in [-0.1, -0.05) is 11.6 Å². The van der Waals surface area contributed by atoms with Crippen LogP contribution in [0, 0.1) is 0 Å². The van der Waals surface area contributed by atoms with E-state index in [1.807, 2.05) is 0 Å². The predicted molar refractivity (Wildman–Crippen MR) is 94.9 cm³/mol. The van der Waals surface area contributed by atoms with E-state index in [2.05, 4.69) is 10.1 Å². The van der Waals surface area contributed by atoms with Gasteiger partial charge in [0.25, 0.3) is 0 Å². The van der Waals surface area contributed by atoms with E-state index in [0.717, 1.165) is 0 Å². The third-order valence-corrected chi connectivity index (χ3v) is 4.23. The van der Waals surface area contributed by atoms with Gasteiger partial charge in [0.2, 0.25) is 0 Å². The number of amides is 1. The number of rotatable bonds is 5. The highest BCUT2D eigenvalue weighted by Crippen LogP contribution is 2.43. The summed E-state index contributed by atoms with van der Waals surface area (Å²) >= 11 is 5.83. The number of halogens is 3. The first-order valence-corrected chi connectivity index (χ1v) is 8.92. The van der Waals surface area contributed by atoms with Crippen molar-refractivity contribution in [1.29, 1.82) is 0 Å². The zero-order chi connectivity index (χ0) is 20.4. The number of carbonyl (C=O) groups excluding carboxylic acids is 1. The number of benzene rings is 1. The molecule has 1 aromatic rings. The van der Waals surface area contributed by atoms with Gasteiger partial charge in [-0.05, 0) is 52.3 Å². The first-order chi connectivity index (χ1) is 12.4. The number of hydrogen-bond acceptors (Lipinski definition) is 5. The second kappa shape index (κ2) is 8.16. The Morgan fingerprint density at radius 2 is 2.11 bits per heavy atom. The summed E-state index contributed by atoms with van der Waals surface area (Å²) in [5.41, 5.74) is -0.592. The Bertz CT molecular complexity index is 682. The SMILES string of the molecule is C[C@H](NC(=O)OC(C)(C)C)[C@@H]1CCC(O)(c2ccc(Cl)cc2OC(F)F)O1. The lowest BCUT2D eigenvalue weighted by molar-refractivity contribution is -0.206. The molecule has 27 heavy (non-hydrogen) atoms. The lowest BCUT2D eigenvalue weighted by Gasteiger charge is -2.28. The van der Waals surface area contributed by atoms with Crippen LogP contribution in [0.1, 0.15) is 46.1 Å². The van der Waals surface area contributed by atoms with Gasteiger partial charge in [-0.25, -0.2) is 4.79 Å². The molecule has 0 spiro atoms. The molecular formula is C18H24ClF2NO5. The summed E-state index contributed by atoms with van der Waals surface area (Å²) in [4.78, 5) is 11.9. The summed E-state index contributed by atoms with van der Waals surface area (Å²) in [6.45, 7) is 3.86. The Labute approximate surface area is 161 Å². The van der Waals surface area contributed by atoms with E-state index in [0.29, 0.717) is 6.42 Å². The van der Waals surface area contributed by atoms with Gasteiger partial charge in [0.1, 0.15) is 11.4 Å². The molecule has 152 valence electrons. The standard InChI is InChI=1S/C18H24ClF2NO5/c1-10(22-16(23)27-17(2,3)4)13-7-8-18(24,26-13)12-6-5-11(19)9-14(12)25-15(20)21/h5-6,9-10,13,15,24H,7-8H2,1-4H3,(H,22,23)/t10-,13-,18?/m0/s1. The molecule has 1 aliphatic rings. The van der Waals surface area contributed by atoms with Gasteiger partial charge in [-0.2, -0.15) is 8.78 Å². The maximum atomic E-state index is 12.7. The number of ether oxygens (including phenoxy) is 3. The van der Waals surface area contributed by atoms with E-state index in [9.17, 15) is 18.7 Å². The van der Waals surface area contributed by atoms with Crippen molar-refractivity contribution in [3.05, 3.63) is 28.8 Å². The molecule has 6 nitrogen and oxygen atoms in total. The molecule has 0 aliphatic carbocycles. The molecule has 2 N–H and O–H groups in total. The minimum absolute atomic E-state index is 0.0548. The van der Waals surface area contributed by atoms with E-state index in [1.54, 1.807) is 27.7 Å². The predicted octanol–water partition coefficient (Wildman–Crippen LogP) is 4.18. The van der Waals surface area contributed by atoms with Gasteiger partial charge in [-0.15, -0.1) is 0 Å². The Hall–Kier alpha value is -1.64. The van der Waals surface area contributed by atoms with Crippen LogP contribution in [0.5, 0.6) is 5.75 Å². The van der Waals surface area contributed by atoms with E-state index >= 15 is 0 Å². The van der Waals surface area contributed by atoms with Crippen molar-refractivity contribution in [3.8, 4) is 5.75 Å². The van der Waals surface area contributed by atoms with Crippen molar-refractivity contribution in [3.63, 3.8) is 0 Å². The van der Waals surface area contributed by atoms with Gasteiger partial charge < -0.3 is 24.6 Å². The second-order valence-electron chi connectivity index (χ2n) is 7.43. The van der Waals surface area contributed by atoms with Crippen LogP contribution in [0.25, 0.3) is 0 Å². The van der Waals surface area contributed by atoms with Crippen LogP contribution in [0.3, 0.4) is 0 Å². The quantitative estimate of drug-likeness (QED) is 0.765. The number of alkyl carbamates (subject to hydrolysis) is 1. The molecule has 1 heterocycles. The van der Waals surface area contributed by atoms with Gasteiger partial charge in [0.05, 0.1) is 17.7 Å². The van der Waals surface area contributed by atoms with E-state index < -0.39 is 36.2 Å². The molecule has 0 aromatic heterocycles. The molecule has 0 radical (unpaired) electrons. The van der Waals surface area contributed by atoms with Crippen molar-refractivity contribution in [2.45, 2.75) is 70.7 Å². The Balaban J connectivity index is 2.10. The molecule has 3 atom stereocenters. The van der Waals surface area contributed by atoms with E-state index in [-0.39, 0.29) is 22.8 Å². The van der Waals surface area contributed by atoms with Crippen molar-refractivity contribution < 1.29 is 32.9 Å². The fourth-order valence-corrected chi connectivity index (χ4v) is 3.02. The lowest BCUT2D eigenvalue weighted by atomic mass is 10.0. The van der Waals surface area contributed by atoms with Crippen LogP contribution in [0.15, 0.2) is 18.2 Å². The van der Waals surface area contributed by atoms with Crippen LogP contribution in [-0.4, -0.2) is 35.6 Å². The number of hydrogen-bond donors (Lipinski definition) is 2. The highest BCUT2D eigenvalue weighted by atomic mass is 35.5. The molecule has 0 bridgehead atoms. The Kier molecular flexibility index (Phi) is 6.55. The molecule has 0 saturated carbocycles. The van der Waals surface area contributed by atoms with Crippen LogP contribution >= 0.6 is 11.6 Å². The smallest absolute Gasteiger partial charge is 0.407 e. The van der Waals surface area contributed by atoms with Gasteiger partial charge in [-0.3, -0.25) is 0 Å². The molecule has 1 aromatic carbocycles. The van der Waals surface area contributed by atoms with Gasteiger partial charge in [0.15, 0.2) is 5.79 Å². The Morgan fingerprint density at radius 1 is 1.44 bits per heavy atom. The highest BCUT2D eigenvalue weighted by Gasteiger charge is 2.44. The summed E-state index contributed by atoms with van der Waals surface area (Å²) in [5.74, 6) is -2.09. The van der Waals surface area contributed by atoms with E-state index in [4.69, 9.17) is 21.1 Å². The fraction of sp³-hybridized carbons (Fsp3) is 0.611. The number of carbonyl (C=O) groups is 1. The number of alkyl halides is 2. The zero-order valence-corrected chi connectivity index (χ0v) is 16.3. The third-order valence-electron chi connectivity index (χ3n) is 4.00. The minimum atomic E-state index is -3.07. The zero-order valence-electron chi connectivity index (χ0n) is 15.6. The van der Waals surface area contributed by atoms with Crippen LogP contribution in [0.2, 0.25) is 5.02 Å². The lowest BCUT2D eigenvalue weighted by Crippen LogP contribution is -2.44.